The fourth-order valence-electron chi connectivity index (χ4n) is 8.75. The summed E-state index contributed by atoms with van der Waals surface area (Å²) in [5.74, 6) is -0.951. The number of rotatable bonds is 10. The summed E-state index contributed by atoms with van der Waals surface area (Å²) in [4.78, 5) is 63.3. The number of ether oxygens (including phenoxy) is 4. The summed E-state index contributed by atoms with van der Waals surface area (Å²) in [5, 5.41) is 6.68. The van der Waals surface area contributed by atoms with Gasteiger partial charge in [-0.3, -0.25) is 19.1 Å². The second-order valence-electron chi connectivity index (χ2n) is 18.5. The van der Waals surface area contributed by atoms with Crippen LogP contribution in [0.5, 0.6) is 11.5 Å². The van der Waals surface area contributed by atoms with E-state index < -0.39 is 73.3 Å². The summed E-state index contributed by atoms with van der Waals surface area (Å²) in [7, 11) is -2.35. The van der Waals surface area contributed by atoms with Gasteiger partial charge in [0.1, 0.15) is 40.3 Å². The maximum atomic E-state index is 14.9. The average Bonchev–Trinajstić information content (AvgIpc) is 4.08. The first-order valence-corrected chi connectivity index (χ1v) is 23.0. The predicted molar refractivity (Wildman–Crippen MR) is 224 cm³/mol. The number of hydrogen-bond acceptors (Lipinski definition) is 11. The molecule has 3 fully saturated rings. The molecule has 328 valence electrons. The van der Waals surface area contributed by atoms with Crippen molar-refractivity contribution < 1.29 is 46.5 Å². The van der Waals surface area contributed by atoms with E-state index in [2.05, 4.69) is 15.4 Å². The van der Waals surface area contributed by atoms with Crippen molar-refractivity contribution in [3.63, 3.8) is 0 Å². The first-order valence-electron chi connectivity index (χ1n) is 21.5. The van der Waals surface area contributed by atoms with E-state index in [0.717, 1.165) is 41.4 Å². The second-order valence-corrected chi connectivity index (χ2v) is 20.7. The van der Waals surface area contributed by atoms with Crippen molar-refractivity contribution in [2.75, 3.05) is 26.9 Å². The number of aryl methyl sites for hydroxylation is 2. The highest BCUT2D eigenvalue weighted by molar-refractivity contribution is 7.91. The summed E-state index contributed by atoms with van der Waals surface area (Å²) in [6.45, 7) is 9.96. The fourth-order valence-corrected chi connectivity index (χ4v) is 10.1. The van der Waals surface area contributed by atoms with Crippen LogP contribution in [0.4, 0.5) is 4.79 Å². The Bertz CT molecular complexity index is 2150. The Balaban J connectivity index is 1.23. The van der Waals surface area contributed by atoms with E-state index in [4.69, 9.17) is 23.9 Å². The molecule has 5 aliphatic rings. The molecule has 16 heteroatoms. The fraction of sp³-hybridized carbons (Fsp3) is 0.659. The molecular weight excluding hydrogens is 791 g/mol. The molecule has 2 saturated carbocycles. The minimum atomic E-state index is -4.00. The first-order chi connectivity index (χ1) is 28.4. The normalized spacial score (nSPS) is 28.2. The maximum Gasteiger partial charge on any atom is 0.408 e. The van der Waals surface area contributed by atoms with Crippen molar-refractivity contribution in [2.45, 2.75) is 152 Å². The third-order valence-corrected chi connectivity index (χ3v) is 14.8. The third-order valence-electron chi connectivity index (χ3n) is 12.6. The Morgan fingerprint density at radius 1 is 1.08 bits per heavy atom. The van der Waals surface area contributed by atoms with E-state index in [1.807, 2.05) is 37.3 Å². The molecule has 1 aromatic carbocycles. The van der Waals surface area contributed by atoms with E-state index in [1.54, 1.807) is 34.8 Å². The number of sulfonamides is 1. The van der Waals surface area contributed by atoms with Crippen LogP contribution in [0.15, 0.2) is 30.4 Å². The molecule has 3 aliphatic heterocycles. The van der Waals surface area contributed by atoms with Crippen LogP contribution in [0, 0.1) is 5.92 Å². The Kier molecular flexibility index (Phi) is 12.2. The number of methoxy groups -OCH3 is 1. The largest absolute Gasteiger partial charge is 0.493 e. The van der Waals surface area contributed by atoms with Crippen LogP contribution < -0.4 is 24.8 Å². The number of pyridine rings is 1. The topological polar surface area (TPSA) is 192 Å². The average molecular weight is 852 g/mol. The van der Waals surface area contributed by atoms with Crippen LogP contribution in [-0.4, -0.2) is 103 Å². The van der Waals surface area contributed by atoms with Crippen LogP contribution in [0.25, 0.3) is 10.9 Å². The van der Waals surface area contributed by atoms with Crippen molar-refractivity contribution in [3.05, 3.63) is 41.6 Å². The molecule has 4 amide bonds. The Morgan fingerprint density at radius 2 is 1.87 bits per heavy atom. The van der Waals surface area contributed by atoms with Gasteiger partial charge in [0.15, 0.2) is 0 Å². The van der Waals surface area contributed by atoms with E-state index in [-0.39, 0.29) is 19.4 Å². The lowest BCUT2D eigenvalue weighted by atomic mass is 9.87. The van der Waals surface area contributed by atoms with Crippen molar-refractivity contribution in [3.8, 4) is 11.5 Å². The van der Waals surface area contributed by atoms with Crippen molar-refractivity contribution in [1.82, 2.24) is 25.2 Å². The number of fused-ring (bicyclic) bond motifs is 5. The smallest absolute Gasteiger partial charge is 0.408 e. The summed E-state index contributed by atoms with van der Waals surface area (Å²) in [6, 6.07) is 3.72. The number of amides is 4. The second kappa shape index (κ2) is 16.8. The molecule has 0 bridgehead atoms. The Hall–Kier alpha value is -4.44. The minimum absolute atomic E-state index is 0.0367. The van der Waals surface area contributed by atoms with Crippen molar-refractivity contribution >= 4 is 44.7 Å². The zero-order chi connectivity index (χ0) is 43.1. The van der Waals surface area contributed by atoms with Gasteiger partial charge in [-0.15, -0.1) is 0 Å². The van der Waals surface area contributed by atoms with Crippen molar-refractivity contribution in [2.24, 2.45) is 5.92 Å². The summed E-state index contributed by atoms with van der Waals surface area (Å²) >= 11 is 0. The maximum absolute atomic E-state index is 14.9. The van der Waals surface area contributed by atoms with Gasteiger partial charge in [-0.25, -0.2) is 18.2 Å². The van der Waals surface area contributed by atoms with Gasteiger partial charge in [0.25, 0.3) is 5.91 Å². The number of benzene rings is 1. The first kappa shape index (κ1) is 43.6. The number of carbonyl (C=O) groups is 4. The molecule has 1 saturated heterocycles. The number of allylic oxidation sites excluding steroid dienone is 1. The highest BCUT2D eigenvalue weighted by Crippen LogP contribution is 2.49. The number of aromatic nitrogens is 1. The van der Waals surface area contributed by atoms with Crippen LogP contribution in [0.2, 0.25) is 0 Å². The quantitative estimate of drug-likeness (QED) is 0.211. The van der Waals surface area contributed by atoms with E-state index >= 15 is 0 Å². The zero-order valence-corrected chi connectivity index (χ0v) is 36.6. The molecule has 2 aliphatic carbocycles. The standard InChI is InChI=1S/C44H61N5O10S/c1-7-32-36-30(31-24-29(16-17-33(31)45-32)57-23-13-22-56-6)18-19-43(58-36)26-35-37(50)47-44(39(52)48-60(54,55)42(5)20-21-42)25-28(44)14-11-9-8-10-12-15-34(38(51)49(35)27-43)46-40(53)59-41(2,3)4/h11,14,16-17,24,28,34-35H,7-10,12-13,15,18-23,25-27H2,1-6H3,(H,46,53)(H,47,50)(H,48,52)/b14-11-/t28-,34+,35+,43-,44-/m1/s1. The number of nitrogens with one attached hydrogen (secondary N) is 3. The zero-order valence-electron chi connectivity index (χ0n) is 35.8. The Labute approximate surface area is 353 Å². The molecule has 1 spiro atoms. The Morgan fingerprint density at radius 3 is 2.58 bits per heavy atom. The lowest BCUT2D eigenvalue weighted by molar-refractivity contribution is -0.141. The monoisotopic (exact) mass is 851 g/mol. The van der Waals surface area contributed by atoms with Gasteiger partial charge in [-0.05, 0) is 104 Å². The molecular formula is C44H61N5O10S. The van der Waals surface area contributed by atoms with Gasteiger partial charge in [0.2, 0.25) is 21.8 Å². The van der Waals surface area contributed by atoms with Gasteiger partial charge < -0.3 is 34.5 Å². The number of hydrogen-bond donors (Lipinski definition) is 3. The van der Waals surface area contributed by atoms with E-state index in [1.165, 1.54) is 4.90 Å². The molecule has 1 aromatic heterocycles. The molecule has 15 nitrogen and oxygen atoms in total. The van der Waals surface area contributed by atoms with Crippen LogP contribution >= 0.6 is 0 Å². The minimum Gasteiger partial charge on any atom is -0.493 e. The molecule has 0 unspecified atom stereocenters. The van der Waals surface area contributed by atoms with Gasteiger partial charge in [0.05, 0.1) is 29.1 Å². The third kappa shape index (κ3) is 9.09. The van der Waals surface area contributed by atoms with Gasteiger partial charge in [-0.2, -0.15) is 0 Å². The number of nitrogens with zero attached hydrogens (tertiary/aromatic N) is 2. The van der Waals surface area contributed by atoms with Crippen molar-refractivity contribution in [1.29, 1.82) is 0 Å². The predicted octanol–water partition coefficient (Wildman–Crippen LogP) is 5.16. The van der Waals surface area contributed by atoms with Gasteiger partial charge >= 0.3 is 6.09 Å². The van der Waals surface area contributed by atoms with E-state index in [9.17, 15) is 27.6 Å². The summed E-state index contributed by atoms with van der Waals surface area (Å²) < 4.78 is 51.6. The van der Waals surface area contributed by atoms with Crippen LogP contribution in [0.3, 0.4) is 0 Å². The molecule has 3 N–H and O–H groups in total. The number of alkyl carbamates (subject to hydrolysis) is 1. The highest BCUT2D eigenvalue weighted by atomic mass is 32.2. The molecule has 0 radical (unpaired) electrons. The molecule has 5 atom stereocenters. The summed E-state index contributed by atoms with van der Waals surface area (Å²) in [6.07, 6.45) is 9.85. The van der Waals surface area contributed by atoms with Gasteiger partial charge in [-0.1, -0.05) is 31.9 Å². The van der Waals surface area contributed by atoms with Crippen LogP contribution in [-0.2, 0) is 46.7 Å². The molecule has 4 heterocycles. The SMILES string of the molecule is CCc1nc2ccc(OCCCOC)cc2c2c1O[C@]1(CC2)C[C@H]2C(=O)N[C@]3(C(=O)NS(=O)(=O)C4(C)CC4)C[C@H]3/C=C\CCCCC[C@H](NC(=O)OC(C)(C)C)C(=O)N2C1. The van der Waals surface area contributed by atoms with Gasteiger partial charge in [0, 0.05) is 43.4 Å². The van der Waals surface area contributed by atoms with Crippen LogP contribution in [0.1, 0.15) is 117 Å². The molecule has 2 aromatic rings. The lowest BCUT2D eigenvalue weighted by Crippen LogP contribution is -2.58. The lowest BCUT2D eigenvalue weighted by Gasteiger charge is -2.37. The molecule has 7 rings (SSSR count). The summed E-state index contributed by atoms with van der Waals surface area (Å²) in [5.41, 5.74) is -0.802. The van der Waals surface area contributed by atoms with E-state index in [0.29, 0.717) is 76.1 Å². The highest BCUT2D eigenvalue weighted by Gasteiger charge is 2.64. The molecule has 60 heavy (non-hydrogen) atoms. The number of carbonyl (C=O) groups excluding carboxylic acids is 4.